The predicted molar refractivity (Wildman–Crippen MR) is 83.7 cm³/mol. The van der Waals surface area contributed by atoms with Crippen molar-refractivity contribution in [3.8, 4) is 0 Å². The Morgan fingerprint density at radius 3 is 3.00 bits per heavy atom. The van der Waals surface area contributed by atoms with E-state index in [1.165, 1.54) is 11.3 Å². The first kappa shape index (κ1) is 14.8. The quantitative estimate of drug-likeness (QED) is 0.892. The molecule has 2 N–H and O–H groups in total. The molecule has 1 aromatic carbocycles. The molecule has 2 unspecified atom stereocenters. The number of β-amino-alcohol motifs (C(OH)–C–C–N with tert-alkyl or cyclic N) is 1. The van der Waals surface area contributed by atoms with Crippen LogP contribution in [0, 0.1) is 0 Å². The number of rotatable bonds is 4. The first-order chi connectivity index (χ1) is 9.11. The smallest absolute Gasteiger partial charge is 0.0715 e. The maximum atomic E-state index is 9.86. The van der Waals surface area contributed by atoms with Gasteiger partial charge in [0.2, 0.25) is 0 Å². The van der Waals surface area contributed by atoms with Crippen molar-refractivity contribution in [3.63, 3.8) is 0 Å². The molecule has 0 saturated carbocycles. The van der Waals surface area contributed by atoms with Gasteiger partial charge in [-0.3, -0.25) is 0 Å². The highest BCUT2D eigenvalue weighted by molar-refractivity contribution is 9.10. The van der Waals surface area contributed by atoms with E-state index >= 15 is 0 Å². The Morgan fingerprint density at radius 1 is 1.53 bits per heavy atom. The van der Waals surface area contributed by atoms with Gasteiger partial charge in [-0.05, 0) is 50.1 Å². The second-order valence-corrected chi connectivity index (χ2v) is 6.14. The maximum Gasteiger partial charge on any atom is 0.0715 e. The minimum absolute atomic E-state index is 0.195. The van der Waals surface area contributed by atoms with E-state index in [-0.39, 0.29) is 6.10 Å². The number of anilines is 1. The molecule has 1 heterocycles. The van der Waals surface area contributed by atoms with E-state index in [4.69, 9.17) is 0 Å². The number of hydrogen-bond donors (Lipinski definition) is 2. The second kappa shape index (κ2) is 6.73. The first-order valence-electron chi connectivity index (χ1n) is 7.07. The summed E-state index contributed by atoms with van der Waals surface area (Å²) in [6, 6.07) is 6.74. The number of hydrogen-bond acceptors (Lipinski definition) is 3. The summed E-state index contributed by atoms with van der Waals surface area (Å²) in [7, 11) is 0. The van der Waals surface area contributed by atoms with E-state index in [1.54, 1.807) is 0 Å². The third-order valence-electron chi connectivity index (χ3n) is 3.70. The van der Waals surface area contributed by atoms with Crippen LogP contribution in [0.3, 0.4) is 0 Å². The number of nitrogens with one attached hydrogen (secondary N) is 1. The van der Waals surface area contributed by atoms with Crippen LogP contribution in [0.15, 0.2) is 22.7 Å². The lowest BCUT2D eigenvalue weighted by molar-refractivity contribution is 0.154. The molecule has 0 radical (unpaired) electrons. The zero-order chi connectivity index (χ0) is 13.8. The summed E-state index contributed by atoms with van der Waals surface area (Å²) in [5.41, 5.74) is 2.54. The number of aliphatic hydroxyl groups is 1. The number of nitrogens with zero attached hydrogens (tertiary/aromatic N) is 1. The van der Waals surface area contributed by atoms with Crippen LogP contribution in [0.5, 0.6) is 0 Å². The average Bonchev–Trinajstić information content (AvgIpc) is 2.39. The fourth-order valence-electron chi connectivity index (χ4n) is 2.75. The standard InChI is InChI=1S/C15H23BrN2O/c1-3-17-11(2)14-9-12(16)6-7-15(14)18-8-4-5-13(19)10-18/h6-7,9,11,13,17,19H,3-5,8,10H2,1-2H3. The van der Waals surface area contributed by atoms with Crippen molar-refractivity contribution in [3.05, 3.63) is 28.2 Å². The van der Waals surface area contributed by atoms with Crippen molar-refractivity contribution < 1.29 is 5.11 Å². The van der Waals surface area contributed by atoms with Gasteiger partial charge in [0, 0.05) is 29.3 Å². The van der Waals surface area contributed by atoms with Gasteiger partial charge in [0.25, 0.3) is 0 Å². The van der Waals surface area contributed by atoms with Crippen molar-refractivity contribution in [2.24, 2.45) is 0 Å². The number of halogens is 1. The van der Waals surface area contributed by atoms with E-state index in [0.717, 1.165) is 36.9 Å². The van der Waals surface area contributed by atoms with E-state index < -0.39 is 0 Å². The Balaban J connectivity index is 2.27. The fourth-order valence-corrected chi connectivity index (χ4v) is 3.13. The average molecular weight is 327 g/mol. The highest BCUT2D eigenvalue weighted by Crippen LogP contribution is 2.31. The van der Waals surface area contributed by atoms with Gasteiger partial charge in [0.15, 0.2) is 0 Å². The Morgan fingerprint density at radius 2 is 2.32 bits per heavy atom. The molecule has 2 atom stereocenters. The third kappa shape index (κ3) is 3.71. The lowest BCUT2D eigenvalue weighted by Crippen LogP contribution is -2.39. The summed E-state index contributed by atoms with van der Waals surface area (Å²) >= 11 is 3.56. The van der Waals surface area contributed by atoms with E-state index in [9.17, 15) is 5.11 Å². The monoisotopic (exact) mass is 326 g/mol. The summed E-state index contributed by atoms with van der Waals surface area (Å²) in [6.07, 6.45) is 1.79. The van der Waals surface area contributed by atoms with Gasteiger partial charge in [0.1, 0.15) is 0 Å². The molecule has 1 aliphatic rings. The molecule has 1 fully saturated rings. The largest absolute Gasteiger partial charge is 0.391 e. The molecule has 2 rings (SSSR count). The molecule has 3 nitrogen and oxygen atoms in total. The molecule has 0 spiro atoms. The minimum Gasteiger partial charge on any atom is -0.391 e. The van der Waals surface area contributed by atoms with Gasteiger partial charge >= 0.3 is 0 Å². The summed E-state index contributed by atoms with van der Waals surface area (Å²) in [6.45, 7) is 7.04. The zero-order valence-electron chi connectivity index (χ0n) is 11.7. The first-order valence-corrected chi connectivity index (χ1v) is 7.87. The van der Waals surface area contributed by atoms with Crippen LogP contribution in [-0.4, -0.2) is 30.8 Å². The number of piperidine rings is 1. The maximum absolute atomic E-state index is 9.86. The van der Waals surface area contributed by atoms with Crippen LogP contribution < -0.4 is 10.2 Å². The highest BCUT2D eigenvalue weighted by atomic mass is 79.9. The molecular formula is C15H23BrN2O. The molecular weight excluding hydrogens is 304 g/mol. The third-order valence-corrected chi connectivity index (χ3v) is 4.20. The molecule has 0 bridgehead atoms. The Bertz CT molecular complexity index is 425. The fraction of sp³-hybridized carbons (Fsp3) is 0.600. The van der Waals surface area contributed by atoms with Crippen molar-refractivity contribution in [2.45, 2.75) is 38.8 Å². The molecule has 106 valence electrons. The Hall–Kier alpha value is -0.580. The highest BCUT2D eigenvalue weighted by Gasteiger charge is 2.21. The second-order valence-electron chi connectivity index (χ2n) is 5.22. The topological polar surface area (TPSA) is 35.5 Å². The Kier molecular flexibility index (Phi) is 5.25. The molecule has 1 saturated heterocycles. The summed E-state index contributed by atoms with van der Waals surface area (Å²) in [4.78, 5) is 2.31. The van der Waals surface area contributed by atoms with Gasteiger partial charge in [-0.25, -0.2) is 0 Å². The normalized spacial score (nSPS) is 21.5. The van der Waals surface area contributed by atoms with Crippen LogP contribution in [0.4, 0.5) is 5.69 Å². The van der Waals surface area contributed by atoms with E-state index in [2.05, 4.69) is 58.2 Å². The van der Waals surface area contributed by atoms with E-state index in [0.29, 0.717) is 6.04 Å². The van der Waals surface area contributed by atoms with Gasteiger partial charge in [-0.1, -0.05) is 22.9 Å². The lowest BCUT2D eigenvalue weighted by atomic mass is 10.0. The van der Waals surface area contributed by atoms with Crippen LogP contribution in [0.2, 0.25) is 0 Å². The van der Waals surface area contributed by atoms with Crippen molar-refractivity contribution >= 4 is 21.6 Å². The van der Waals surface area contributed by atoms with Crippen molar-refractivity contribution in [1.29, 1.82) is 0 Å². The molecule has 1 aliphatic heterocycles. The van der Waals surface area contributed by atoms with Crippen LogP contribution in [-0.2, 0) is 0 Å². The van der Waals surface area contributed by atoms with Crippen LogP contribution in [0.25, 0.3) is 0 Å². The number of aliphatic hydroxyl groups excluding tert-OH is 1. The van der Waals surface area contributed by atoms with Gasteiger partial charge in [-0.2, -0.15) is 0 Å². The van der Waals surface area contributed by atoms with E-state index in [1.807, 2.05) is 0 Å². The molecule has 0 aromatic heterocycles. The van der Waals surface area contributed by atoms with Crippen molar-refractivity contribution in [2.75, 3.05) is 24.5 Å². The molecule has 1 aromatic rings. The van der Waals surface area contributed by atoms with Gasteiger partial charge in [0.05, 0.1) is 6.10 Å². The molecule has 0 amide bonds. The molecule has 19 heavy (non-hydrogen) atoms. The predicted octanol–water partition coefficient (Wildman–Crippen LogP) is 3.08. The summed E-state index contributed by atoms with van der Waals surface area (Å²) < 4.78 is 1.11. The lowest BCUT2D eigenvalue weighted by Gasteiger charge is -2.34. The molecule has 0 aliphatic carbocycles. The minimum atomic E-state index is -0.195. The number of benzene rings is 1. The van der Waals surface area contributed by atoms with Gasteiger partial charge < -0.3 is 15.3 Å². The van der Waals surface area contributed by atoms with Gasteiger partial charge in [-0.15, -0.1) is 0 Å². The van der Waals surface area contributed by atoms with Crippen LogP contribution in [0.1, 0.15) is 38.3 Å². The van der Waals surface area contributed by atoms with Crippen molar-refractivity contribution in [1.82, 2.24) is 5.32 Å². The summed E-state index contributed by atoms with van der Waals surface area (Å²) in [5.74, 6) is 0. The summed E-state index contributed by atoms with van der Waals surface area (Å²) in [5, 5.41) is 13.3. The zero-order valence-corrected chi connectivity index (χ0v) is 13.3. The molecule has 4 heteroatoms. The SMILES string of the molecule is CCNC(C)c1cc(Br)ccc1N1CCCC(O)C1. The Labute approximate surface area is 124 Å². The van der Waals surface area contributed by atoms with Crippen LogP contribution >= 0.6 is 15.9 Å².